The van der Waals surface area contributed by atoms with Crippen molar-refractivity contribution in [3.8, 4) is 11.5 Å². The lowest BCUT2D eigenvalue weighted by Gasteiger charge is -2.23. The molecule has 19 heavy (non-hydrogen) atoms. The Bertz CT molecular complexity index is 417. The van der Waals surface area contributed by atoms with Gasteiger partial charge >= 0.3 is 5.97 Å². The Morgan fingerprint density at radius 3 is 2.42 bits per heavy atom. The van der Waals surface area contributed by atoms with Crippen molar-refractivity contribution in [2.45, 2.75) is 6.29 Å². The normalized spacial score (nSPS) is 18.7. The van der Waals surface area contributed by atoms with Crippen LogP contribution in [0.25, 0.3) is 0 Å². The minimum atomic E-state index is -0.698. The van der Waals surface area contributed by atoms with Crippen molar-refractivity contribution in [1.82, 2.24) is 0 Å². The molecular formula is C13H16O6. The van der Waals surface area contributed by atoms with E-state index in [2.05, 4.69) is 0 Å². The van der Waals surface area contributed by atoms with Crippen LogP contribution in [0.1, 0.15) is 10.4 Å². The first-order chi connectivity index (χ1) is 9.26. The average Bonchev–Trinajstić information content (AvgIpc) is 2.47. The van der Waals surface area contributed by atoms with Gasteiger partial charge in [-0.3, -0.25) is 0 Å². The fourth-order valence-electron chi connectivity index (χ4n) is 1.76. The molecule has 1 atom stereocenters. The maximum absolute atomic E-state index is 12.2. The van der Waals surface area contributed by atoms with Gasteiger partial charge in [0.15, 0.2) is 0 Å². The standard InChI is InChI=1S/C13H16O6/c1-15-9-4-3-5-10(16-2)12(9)13(14)19-11-8-17-6-7-18-11/h3-5,11H,6-8H2,1-2H3. The molecule has 104 valence electrons. The van der Waals surface area contributed by atoms with E-state index in [1.165, 1.54) is 14.2 Å². The number of hydrogen-bond donors (Lipinski definition) is 0. The van der Waals surface area contributed by atoms with Crippen LogP contribution in [0.2, 0.25) is 0 Å². The molecule has 6 heteroatoms. The first-order valence-corrected chi connectivity index (χ1v) is 5.87. The van der Waals surface area contributed by atoms with Crippen LogP contribution in [0.5, 0.6) is 11.5 Å². The van der Waals surface area contributed by atoms with Gasteiger partial charge < -0.3 is 23.7 Å². The van der Waals surface area contributed by atoms with Crippen molar-refractivity contribution >= 4 is 5.97 Å². The number of methoxy groups -OCH3 is 2. The summed E-state index contributed by atoms with van der Waals surface area (Å²) < 4.78 is 25.9. The highest BCUT2D eigenvalue weighted by Crippen LogP contribution is 2.29. The monoisotopic (exact) mass is 268 g/mol. The smallest absolute Gasteiger partial charge is 0.348 e. The van der Waals surface area contributed by atoms with Gasteiger partial charge in [0.2, 0.25) is 6.29 Å². The number of carbonyl (C=O) groups excluding carboxylic acids is 1. The third-order valence-corrected chi connectivity index (χ3v) is 2.66. The summed E-state index contributed by atoms with van der Waals surface area (Å²) in [6, 6.07) is 5.06. The topological polar surface area (TPSA) is 63.2 Å². The van der Waals surface area contributed by atoms with Crippen LogP contribution in [-0.4, -0.2) is 46.3 Å². The maximum atomic E-state index is 12.2. The molecule has 0 N–H and O–H groups in total. The van der Waals surface area contributed by atoms with Gasteiger partial charge in [-0.15, -0.1) is 0 Å². The van der Waals surface area contributed by atoms with E-state index in [4.69, 9.17) is 23.7 Å². The molecule has 1 fully saturated rings. The van der Waals surface area contributed by atoms with Gasteiger partial charge in [0, 0.05) is 0 Å². The zero-order chi connectivity index (χ0) is 13.7. The maximum Gasteiger partial charge on any atom is 0.348 e. The Morgan fingerprint density at radius 2 is 1.89 bits per heavy atom. The lowest BCUT2D eigenvalue weighted by Crippen LogP contribution is -2.33. The van der Waals surface area contributed by atoms with Crippen LogP contribution in [0.3, 0.4) is 0 Å². The minimum Gasteiger partial charge on any atom is -0.496 e. The molecule has 0 saturated carbocycles. The Hall–Kier alpha value is -1.79. The summed E-state index contributed by atoms with van der Waals surface area (Å²) >= 11 is 0. The number of rotatable bonds is 4. The van der Waals surface area contributed by atoms with Gasteiger partial charge in [-0.05, 0) is 12.1 Å². The van der Waals surface area contributed by atoms with Gasteiger partial charge in [0.05, 0.1) is 27.4 Å². The number of benzene rings is 1. The molecule has 1 aliphatic heterocycles. The van der Waals surface area contributed by atoms with Crippen LogP contribution in [0.15, 0.2) is 18.2 Å². The van der Waals surface area contributed by atoms with Crippen LogP contribution >= 0.6 is 0 Å². The Balaban J connectivity index is 2.17. The first kappa shape index (κ1) is 13.6. The SMILES string of the molecule is COc1cccc(OC)c1C(=O)OC1COCCO1. The predicted molar refractivity (Wildman–Crippen MR) is 65.5 cm³/mol. The predicted octanol–water partition coefficient (Wildman–Crippen LogP) is 1.23. The van der Waals surface area contributed by atoms with E-state index in [0.29, 0.717) is 24.7 Å². The summed E-state index contributed by atoms with van der Waals surface area (Å²) in [6.45, 7) is 1.14. The number of carbonyl (C=O) groups is 1. The minimum absolute atomic E-state index is 0.225. The van der Waals surface area contributed by atoms with E-state index in [1.807, 2.05) is 0 Å². The fourth-order valence-corrected chi connectivity index (χ4v) is 1.76. The van der Waals surface area contributed by atoms with E-state index in [9.17, 15) is 4.79 Å². The number of hydrogen-bond acceptors (Lipinski definition) is 6. The first-order valence-electron chi connectivity index (χ1n) is 5.87. The van der Waals surface area contributed by atoms with E-state index in [0.717, 1.165) is 0 Å². The zero-order valence-corrected chi connectivity index (χ0v) is 10.9. The van der Waals surface area contributed by atoms with E-state index >= 15 is 0 Å². The molecule has 1 heterocycles. The second kappa shape index (κ2) is 6.40. The van der Waals surface area contributed by atoms with Crippen molar-refractivity contribution in [1.29, 1.82) is 0 Å². The van der Waals surface area contributed by atoms with Gasteiger partial charge in [0.1, 0.15) is 23.7 Å². The molecule has 0 bridgehead atoms. The van der Waals surface area contributed by atoms with E-state index in [1.54, 1.807) is 18.2 Å². The summed E-state index contributed by atoms with van der Waals surface area (Å²) in [6.07, 6.45) is -0.698. The highest BCUT2D eigenvalue weighted by molar-refractivity contribution is 5.95. The lowest BCUT2D eigenvalue weighted by molar-refractivity contribution is -0.186. The van der Waals surface area contributed by atoms with Crippen molar-refractivity contribution < 1.29 is 28.5 Å². The van der Waals surface area contributed by atoms with Gasteiger partial charge in [-0.1, -0.05) is 6.07 Å². The second-order valence-electron chi connectivity index (χ2n) is 3.82. The van der Waals surface area contributed by atoms with Crippen molar-refractivity contribution in [3.05, 3.63) is 23.8 Å². The van der Waals surface area contributed by atoms with Crippen LogP contribution in [0.4, 0.5) is 0 Å². The Kier molecular flexibility index (Phi) is 4.59. The number of esters is 1. The molecule has 1 saturated heterocycles. The van der Waals surface area contributed by atoms with Gasteiger partial charge in [-0.25, -0.2) is 4.79 Å². The van der Waals surface area contributed by atoms with Gasteiger partial charge in [-0.2, -0.15) is 0 Å². The van der Waals surface area contributed by atoms with Crippen LogP contribution in [0, 0.1) is 0 Å². The molecular weight excluding hydrogens is 252 g/mol. The van der Waals surface area contributed by atoms with Crippen molar-refractivity contribution in [2.75, 3.05) is 34.0 Å². The molecule has 2 rings (SSSR count). The third kappa shape index (κ3) is 3.15. The molecule has 6 nitrogen and oxygen atoms in total. The molecule has 1 aromatic carbocycles. The number of ether oxygens (including phenoxy) is 5. The summed E-state index contributed by atoms with van der Waals surface area (Å²) in [4.78, 5) is 12.2. The van der Waals surface area contributed by atoms with Crippen LogP contribution in [-0.2, 0) is 14.2 Å². The molecule has 0 spiro atoms. The third-order valence-electron chi connectivity index (χ3n) is 2.66. The van der Waals surface area contributed by atoms with E-state index in [-0.39, 0.29) is 12.2 Å². The molecule has 0 amide bonds. The quantitative estimate of drug-likeness (QED) is 0.765. The van der Waals surface area contributed by atoms with Crippen LogP contribution < -0.4 is 9.47 Å². The summed E-state index contributed by atoms with van der Waals surface area (Å²) in [5.41, 5.74) is 0.238. The summed E-state index contributed by atoms with van der Waals surface area (Å²) in [5.74, 6) is 0.215. The molecule has 1 unspecified atom stereocenters. The Morgan fingerprint density at radius 1 is 1.21 bits per heavy atom. The molecule has 1 aromatic rings. The summed E-state index contributed by atoms with van der Waals surface area (Å²) in [5, 5.41) is 0. The fraction of sp³-hybridized carbons (Fsp3) is 0.462. The molecule has 1 aliphatic rings. The summed E-state index contributed by atoms with van der Waals surface area (Å²) in [7, 11) is 2.96. The Labute approximate surface area is 111 Å². The molecule has 0 aliphatic carbocycles. The zero-order valence-electron chi connectivity index (χ0n) is 10.9. The second-order valence-corrected chi connectivity index (χ2v) is 3.82. The molecule has 0 aromatic heterocycles. The average molecular weight is 268 g/mol. The molecule has 0 radical (unpaired) electrons. The van der Waals surface area contributed by atoms with Gasteiger partial charge in [0.25, 0.3) is 0 Å². The van der Waals surface area contributed by atoms with Crippen molar-refractivity contribution in [3.63, 3.8) is 0 Å². The van der Waals surface area contributed by atoms with E-state index < -0.39 is 12.3 Å². The highest BCUT2D eigenvalue weighted by atomic mass is 16.7. The highest BCUT2D eigenvalue weighted by Gasteiger charge is 2.25. The lowest BCUT2D eigenvalue weighted by atomic mass is 10.2. The largest absolute Gasteiger partial charge is 0.496 e. The van der Waals surface area contributed by atoms with Crippen molar-refractivity contribution in [2.24, 2.45) is 0 Å².